The highest BCUT2D eigenvalue weighted by Gasteiger charge is 2.36. The average molecular weight is 336 g/mol. The number of para-hydroxylation sites is 2. The normalized spacial score (nSPS) is 18.7. The van der Waals surface area contributed by atoms with Crippen molar-refractivity contribution in [3.8, 4) is 0 Å². The number of benzene rings is 2. The molecule has 2 amide bonds. The summed E-state index contributed by atoms with van der Waals surface area (Å²) in [5.41, 5.74) is 2.59. The number of ether oxygens (including phenoxy) is 1. The van der Waals surface area contributed by atoms with Crippen LogP contribution in [0.2, 0.25) is 0 Å². The Bertz CT molecular complexity index is 892. The molecule has 0 fully saturated rings. The van der Waals surface area contributed by atoms with Gasteiger partial charge in [-0.05, 0) is 18.2 Å². The van der Waals surface area contributed by atoms with E-state index in [9.17, 15) is 14.4 Å². The van der Waals surface area contributed by atoms with Gasteiger partial charge in [-0.3, -0.25) is 9.59 Å². The molecular formula is C19H16N2O4. The van der Waals surface area contributed by atoms with Crippen molar-refractivity contribution in [3.63, 3.8) is 0 Å². The number of fused-ring (bicyclic) bond motifs is 2. The summed E-state index contributed by atoms with van der Waals surface area (Å²) >= 11 is 0. The number of hydrogen-bond acceptors (Lipinski definition) is 4. The number of carbonyl (C=O) groups is 3. The molecule has 0 spiro atoms. The Kier molecular flexibility index (Phi) is 3.53. The Hall–Kier alpha value is -3.15. The Morgan fingerprint density at radius 1 is 1.08 bits per heavy atom. The summed E-state index contributed by atoms with van der Waals surface area (Å²) in [7, 11) is 1.69. The first kappa shape index (κ1) is 15.4. The third kappa shape index (κ3) is 2.46. The minimum Gasteiger partial charge on any atom is -0.453 e. The molecule has 2 aromatic rings. The fraction of sp³-hybridized carbons (Fsp3) is 0.211. The largest absolute Gasteiger partial charge is 0.453 e. The van der Waals surface area contributed by atoms with E-state index in [1.807, 2.05) is 24.3 Å². The first-order valence-electron chi connectivity index (χ1n) is 8.02. The number of amides is 2. The standard InChI is InChI=1S/C19H16N2O4/c1-20-14-8-4-5-9-15(14)21(11-18(20)23)17(22)10-16-12-6-2-3-7-13(12)19(24)25-16/h2-9,16H,10-11H2,1H3. The topological polar surface area (TPSA) is 66.9 Å². The van der Waals surface area contributed by atoms with Crippen LogP contribution in [0.1, 0.15) is 28.4 Å². The van der Waals surface area contributed by atoms with Crippen molar-refractivity contribution in [2.24, 2.45) is 0 Å². The Balaban J connectivity index is 1.62. The summed E-state index contributed by atoms with van der Waals surface area (Å²) in [6.45, 7) is -0.0192. The molecule has 0 aromatic heterocycles. The maximum absolute atomic E-state index is 12.8. The Labute approximate surface area is 144 Å². The molecule has 4 rings (SSSR count). The summed E-state index contributed by atoms with van der Waals surface area (Å²) in [4.78, 5) is 40.0. The van der Waals surface area contributed by atoms with Gasteiger partial charge in [-0.15, -0.1) is 0 Å². The van der Waals surface area contributed by atoms with E-state index in [1.165, 1.54) is 4.90 Å². The van der Waals surface area contributed by atoms with Gasteiger partial charge < -0.3 is 14.5 Å². The van der Waals surface area contributed by atoms with Gasteiger partial charge >= 0.3 is 5.97 Å². The van der Waals surface area contributed by atoms with Crippen LogP contribution in [-0.4, -0.2) is 31.4 Å². The maximum Gasteiger partial charge on any atom is 0.339 e. The number of esters is 1. The molecule has 2 heterocycles. The predicted octanol–water partition coefficient (Wildman–Crippen LogP) is 2.30. The zero-order valence-corrected chi connectivity index (χ0v) is 13.6. The van der Waals surface area contributed by atoms with E-state index >= 15 is 0 Å². The van der Waals surface area contributed by atoms with Gasteiger partial charge in [-0.2, -0.15) is 0 Å². The number of rotatable bonds is 2. The van der Waals surface area contributed by atoms with Gasteiger partial charge in [0.1, 0.15) is 12.6 Å². The second-order valence-corrected chi connectivity index (χ2v) is 6.11. The summed E-state index contributed by atoms with van der Waals surface area (Å²) in [5, 5.41) is 0. The van der Waals surface area contributed by atoms with Crippen molar-refractivity contribution in [1.29, 1.82) is 0 Å². The van der Waals surface area contributed by atoms with Crippen LogP contribution < -0.4 is 9.80 Å². The molecule has 0 radical (unpaired) electrons. The number of nitrogens with zero attached hydrogens (tertiary/aromatic N) is 2. The monoisotopic (exact) mass is 336 g/mol. The second-order valence-electron chi connectivity index (χ2n) is 6.11. The van der Waals surface area contributed by atoms with E-state index in [4.69, 9.17) is 4.74 Å². The van der Waals surface area contributed by atoms with Crippen molar-refractivity contribution < 1.29 is 19.1 Å². The van der Waals surface area contributed by atoms with Crippen molar-refractivity contribution >= 4 is 29.2 Å². The van der Waals surface area contributed by atoms with Gasteiger partial charge in [0, 0.05) is 12.6 Å². The number of carbonyl (C=O) groups excluding carboxylic acids is 3. The molecule has 6 nitrogen and oxygen atoms in total. The van der Waals surface area contributed by atoms with Crippen LogP contribution in [0.5, 0.6) is 0 Å². The van der Waals surface area contributed by atoms with Gasteiger partial charge in [0.2, 0.25) is 11.8 Å². The number of likely N-dealkylation sites (N-methyl/N-ethyl adjacent to an activating group) is 1. The van der Waals surface area contributed by atoms with Gasteiger partial charge in [-0.25, -0.2) is 4.79 Å². The molecule has 0 saturated heterocycles. The minimum absolute atomic E-state index is 0.00802. The summed E-state index contributed by atoms with van der Waals surface area (Å²) in [6.07, 6.45) is -0.605. The lowest BCUT2D eigenvalue weighted by Crippen LogP contribution is -2.46. The number of hydrogen-bond donors (Lipinski definition) is 0. The Morgan fingerprint density at radius 2 is 1.76 bits per heavy atom. The van der Waals surface area contributed by atoms with Gasteiger partial charge in [0.05, 0.1) is 23.4 Å². The highest BCUT2D eigenvalue weighted by atomic mass is 16.5. The van der Waals surface area contributed by atoms with E-state index in [0.717, 1.165) is 5.56 Å². The quantitative estimate of drug-likeness (QED) is 0.789. The SMILES string of the molecule is CN1C(=O)CN(C(=O)CC2OC(=O)c3ccccc32)c2ccccc21. The minimum atomic E-state index is -0.613. The van der Waals surface area contributed by atoms with Crippen molar-refractivity contribution in [2.45, 2.75) is 12.5 Å². The summed E-state index contributed by atoms with van der Waals surface area (Å²) < 4.78 is 5.35. The maximum atomic E-state index is 12.8. The van der Waals surface area contributed by atoms with E-state index < -0.39 is 12.1 Å². The van der Waals surface area contributed by atoms with Crippen LogP contribution in [0.4, 0.5) is 11.4 Å². The van der Waals surface area contributed by atoms with Crippen molar-refractivity contribution in [3.05, 3.63) is 59.7 Å². The van der Waals surface area contributed by atoms with Crippen molar-refractivity contribution in [2.75, 3.05) is 23.4 Å². The highest BCUT2D eigenvalue weighted by molar-refractivity contribution is 6.11. The molecular weight excluding hydrogens is 320 g/mol. The van der Waals surface area contributed by atoms with Crippen LogP contribution in [0.25, 0.3) is 0 Å². The molecule has 2 aliphatic heterocycles. The van der Waals surface area contributed by atoms with Gasteiger partial charge in [0.15, 0.2) is 0 Å². The molecule has 1 unspecified atom stereocenters. The summed E-state index contributed by atoms with van der Waals surface area (Å²) in [5.74, 6) is -0.817. The Morgan fingerprint density at radius 3 is 2.56 bits per heavy atom. The zero-order valence-electron chi connectivity index (χ0n) is 13.6. The van der Waals surface area contributed by atoms with E-state index in [0.29, 0.717) is 16.9 Å². The fourth-order valence-electron chi connectivity index (χ4n) is 3.30. The lowest BCUT2D eigenvalue weighted by Gasteiger charge is -2.34. The lowest BCUT2D eigenvalue weighted by molar-refractivity contribution is -0.124. The van der Waals surface area contributed by atoms with Crippen LogP contribution >= 0.6 is 0 Å². The smallest absolute Gasteiger partial charge is 0.339 e. The summed E-state index contributed by atoms with van der Waals surface area (Å²) in [6, 6.07) is 14.3. The van der Waals surface area contributed by atoms with Crippen LogP contribution in [0, 0.1) is 0 Å². The molecule has 0 saturated carbocycles. The molecule has 126 valence electrons. The molecule has 0 bridgehead atoms. The average Bonchev–Trinajstić information content (AvgIpc) is 2.94. The first-order chi connectivity index (χ1) is 12.1. The molecule has 25 heavy (non-hydrogen) atoms. The number of anilines is 2. The predicted molar refractivity (Wildman–Crippen MR) is 91.4 cm³/mol. The van der Waals surface area contributed by atoms with Crippen LogP contribution in [0.3, 0.4) is 0 Å². The molecule has 1 atom stereocenters. The molecule has 6 heteroatoms. The zero-order chi connectivity index (χ0) is 17.6. The molecule has 0 aliphatic carbocycles. The molecule has 0 N–H and O–H groups in total. The third-order valence-corrected chi connectivity index (χ3v) is 4.64. The molecule has 2 aliphatic rings. The first-order valence-corrected chi connectivity index (χ1v) is 8.02. The fourth-order valence-corrected chi connectivity index (χ4v) is 3.30. The van der Waals surface area contributed by atoms with E-state index in [-0.39, 0.29) is 24.8 Å². The van der Waals surface area contributed by atoms with Gasteiger partial charge in [-0.1, -0.05) is 30.3 Å². The molecule has 2 aromatic carbocycles. The van der Waals surface area contributed by atoms with Gasteiger partial charge in [0.25, 0.3) is 0 Å². The highest BCUT2D eigenvalue weighted by Crippen LogP contribution is 2.36. The van der Waals surface area contributed by atoms with Crippen LogP contribution in [0.15, 0.2) is 48.5 Å². The lowest BCUT2D eigenvalue weighted by atomic mass is 10.0. The second kappa shape index (κ2) is 5.73. The van der Waals surface area contributed by atoms with E-state index in [2.05, 4.69) is 0 Å². The number of cyclic esters (lactones) is 1. The van der Waals surface area contributed by atoms with Crippen molar-refractivity contribution in [1.82, 2.24) is 0 Å². The van der Waals surface area contributed by atoms with E-state index in [1.54, 1.807) is 36.2 Å². The third-order valence-electron chi connectivity index (χ3n) is 4.64. The van der Waals surface area contributed by atoms with Crippen LogP contribution in [-0.2, 0) is 14.3 Å².